The van der Waals surface area contributed by atoms with E-state index in [0.29, 0.717) is 0 Å². The van der Waals surface area contributed by atoms with E-state index in [9.17, 15) is 14.3 Å². The first kappa shape index (κ1) is 22.7. The number of phosphoric acid groups is 1. The first-order chi connectivity index (χ1) is 11.8. The van der Waals surface area contributed by atoms with Crippen LogP contribution in [0.2, 0.25) is 0 Å². The summed E-state index contributed by atoms with van der Waals surface area (Å²) in [5.74, 6) is -0.503. The van der Waals surface area contributed by atoms with Gasteiger partial charge in [-0.05, 0) is 5.92 Å². The third-order valence-electron chi connectivity index (χ3n) is 4.34. The Labute approximate surface area is 148 Å². The number of ketones is 1. The maximum Gasteiger partial charge on any atom is 0.472 e. The second-order valence-electron chi connectivity index (χ2n) is 5.96. The fourth-order valence-electron chi connectivity index (χ4n) is 2.68. The van der Waals surface area contributed by atoms with Gasteiger partial charge in [-0.15, -0.1) is 0 Å². The van der Waals surface area contributed by atoms with Crippen molar-refractivity contribution in [3.8, 4) is 0 Å². The molecule has 1 N–H and O–H groups in total. The van der Waals surface area contributed by atoms with Crippen LogP contribution in [0.25, 0.3) is 0 Å². The Kier molecular flexibility index (Phi) is 9.14. The minimum Gasteiger partial charge on any atom is -0.376 e. The Morgan fingerprint density at radius 1 is 1.00 bits per heavy atom. The van der Waals surface area contributed by atoms with Gasteiger partial charge >= 0.3 is 7.82 Å². The van der Waals surface area contributed by atoms with Gasteiger partial charge in [0.05, 0.1) is 6.61 Å². The smallest absolute Gasteiger partial charge is 0.376 e. The molecule has 0 aromatic heterocycles. The van der Waals surface area contributed by atoms with Gasteiger partial charge in [0.15, 0.2) is 11.9 Å². The molecule has 0 aliphatic heterocycles. The molecule has 1 aliphatic rings. The summed E-state index contributed by atoms with van der Waals surface area (Å²) in [5, 5.41) is 0. The molecule has 148 valence electrons. The zero-order chi connectivity index (χ0) is 19.2. The Balaban J connectivity index is 3.01. The lowest BCUT2D eigenvalue weighted by atomic mass is 9.85. The van der Waals surface area contributed by atoms with Gasteiger partial charge in [0.1, 0.15) is 24.4 Å². The fourth-order valence-corrected chi connectivity index (χ4v) is 3.69. The predicted molar refractivity (Wildman–Crippen MR) is 88.3 cm³/mol. The summed E-state index contributed by atoms with van der Waals surface area (Å²) < 4.78 is 43.5. The van der Waals surface area contributed by atoms with E-state index in [1.165, 1.54) is 28.4 Å². The number of phosphoric ester groups is 1. The minimum atomic E-state index is -4.47. The van der Waals surface area contributed by atoms with E-state index in [0.717, 1.165) is 6.42 Å². The Hall–Kier alpha value is -0.380. The van der Waals surface area contributed by atoms with Gasteiger partial charge in [-0.2, -0.15) is 0 Å². The summed E-state index contributed by atoms with van der Waals surface area (Å²) in [4.78, 5) is 22.6. The summed E-state index contributed by atoms with van der Waals surface area (Å²) in [6, 6.07) is 0. The topological polar surface area (TPSA) is 110 Å². The van der Waals surface area contributed by atoms with Gasteiger partial charge in [0.25, 0.3) is 0 Å². The van der Waals surface area contributed by atoms with Crippen LogP contribution in [0.15, 0.2) is 0 Å². The van der Waals surface area contributed by atoms with Crippen molar-refractivity contribution in [2.24, 2.45) is 5.92 Å². The van der Waals surface area contributed by atoms with Crippen molar-refractivity contribution in [1.29, 1.82) is 0 Å². The Morgan fingerprint density at radius 2 is 1.52 bits per heavy atom. The molecule has 9 nitrogen and oxygen atoms in total. The minimum absolute atomic E-state index is 0.0327. The van der Waals surface area contributed by atoms with Crippen LogP contribution in [0.1, 0.15) is 20.3 Å². The van der Waals surface area contributed by atoms with Crippen LogP contribution in [0.5, 0.6) is 0 Å². The van der Waals surface area contributed by atoms with Gasteiger partial charge in [-0.3, -0.25) is 13.8 Å². The molecule has 0 aromatic rings. The number of carbonyl (C=O) groups is 1. The summed E-state index contributed by atoms with van der Waals surface area (Å²) in [5.41, 5.74) is 0. The van der Waals surface area contributed by atoms with Gasteiger partial charge in [0, 0.05) is 28.4 Å². The molecule has 0 radical (unpaired) electrons. The molecule has 1 saturated carbocycles. The van der Waals surface area contributed by atoms with Crippen molar-refractivity contribution in [1.82, 2.24) is 0 Å². The first-order valence-corrected chi connectivity index (χ1v) is 9.56. The second-order valence-corrected chi connectivity index (χ2v) is 7.37. The normalized spacial score (nSPS) is 33.9. The van der Waals surface area contributed by atoms with Crippen molar-refractivity contribution in [2.45, 2.75) is 50.8 Å². The van der Waals surface area contributed by atoms with Crippen LogP contribution < -0.4 is 0 Å². The molecular formula is C15H29O9P. The summed E-state index contributed by atoms with van der Waals surface area (Å²) in [6.45, 7) is 3.83. The van der Waals surface area contributed by atoms with Crippen molar-refractivity contribution in [3.05, 3.63) is 0 Å². The summed E-state index contributed by atoms with van der Waals surface area (Å²) >= 11 is 0. The maximum absolute atomic E-state index is 12.7. The highest BCUT2D eigenvalue weighted by atomic mass is 31.2. The molecule has 10 heteroatoms. The number of ether oxygens (including phenoxy) is 4. The lowest BCUT2D eigenvalue weighted by molar-refractivity contribution is -0.204. The van der Waals surface area contributed by atoms with Crippen molar-refractivity contribution in [3.63, 3.8) is 0 Å². The van der Waals surface area contributed by atoms with Crippen LogP contribution in [-0.4, -0.2) is 76.2 Å². The molecule has 1 aliphatic carbocycles. The number of rotatable bonds is 10. The SMILES string of the molecule is CCC(C)COP(=O)(O)OC1C(=O)C(OC)C(OC)C(OC)C1OC. The molecule has 0 aromatic carbocycles. The molecule has 0 bridgehead atoms. The van der Waals surface area contributed by atoms with Crippen molar-refractivity contribution < 1.29 is 42.2 Å². The van der Waals surface area contributed by atoms with Crippen molar-refractivity contribution in [2.75, 3.05) is 35.0 Å². The lowest BCUT2D eigenvalue weighted by Crippen LogP contribution is -2.64. The monoisotopic (exact) mass is 384 g/mol. The van der Waals surface area contributed by atoms with Crippen molar-refractivity contribution >= 4 is 13.6 Å². The fraction of sp³-hybridized carbons (Fsp3) is 0.933. The van der Waals surface area contributed by atoms with E-state index in [-0.39, 0.29) is 12.5 Å². The van der Waals surface area contributed by atoms with Gasteiger partial charge in [-0.25, -0.2) is 4.57 Å². The van der Waals surface area contributed by atoms with E-state index in [1.54, 1.807) is 0 Å². The molecule has 7 unspecified atom stereocenters. The molecule has 0 spiro atoms. The standard InChI is InChI=1S/C15H29O9P/c1-7-9(2)8-23-25(17,18)24-12-10(16)11(19-3)13(20-4)15(22-6)14(12)21-5/h9,11-15H,7-8H2,1-6H3,(H,17,18). The second kappa shape index (κ2) is 10.1. The summed E-state index contributed by atoms with van der Waals surface area (Å²) in [6.07, 6.45) is -4.08. The average molecular weight is 384 g/mol. The molecule has 0 saturated heterocycles. The van der Waals surface area contributed by atoms with Gasteiger partial charge in [0.2, 0.25) is 0 Å². The molecule has 0 amide bonds. The number of hydrogen-bond acceptors (Lipinski definition) is 8. The Bertz CT molecular complexity index is 472. The van der Waals surface area contributed by atoms with Gasteiger partial charge in [-0.1, -0.05) is 20.3 Å². The third kappa shape index (κ3) is 5.55. The third-order valence-corrected chi connectivity index (χ3v) is 5.31. The lowest BCUT2D eigenvalue weighted by Gasteiger charge is -2.42. The molecular weight excluding hydrogens is 355 g/mol. The van der Waals surface area contributed by atoms with E-state index < -0.39 is 44.1 Å². The maximum atomic E-state index is 12.7. The number of Topliss-reactive ketones (excluding diaryl/α,β-unsaturated/α-hetero) is 1. The highest BCUT2D eigenvalue weighted by molar-refractivity contribution is 7.47. The van der Waals surface area contributed by atoms with Crippen LogP contribution >= 0.6 is 7.82 Å². The number of carbonyl (C=O) groups excluding carboxylic acids is 1. The van der Waals surface area contributed by atoms with Crippen LogP contribution in [-0.2, 0) is 37.4 Å². The quantitative estimate of drug-likeness (QED) is 0.555. The Morgan fingerprint density at radius 3 is 1.96 bits per heavy atom. The predicted octanol–water partition coefficient (Wildman–Crippen LogP) is 1.18. The van der Waals surface area contributed by atoms with Crippen LogP contribution in [0, 0.1) is 5.92 Å². The highest BCUT2D eigenvalue weighted by Crippen LogP contribution is 2.47. The largest absolute Gasteiger partial charge is 0.472 e. The zero-order valence-corrected chi connectivity index (χ0v) is 16.4. The van der Waals surface area contributed by atoms with E-state index in [1.807, 2.05) is 13.8 Å². The average Bonchev–Trinajstić information content (AvgIpc) is 2.60. The molecule has 25 heavy (non-hydrogen) atoms. The first-order valence-electron chi connectivity index (χ1n) is 8.06. The molecule has 1 fully saturated rings. The zero-order valence-electron chi connectivity index (χ0n) is 15.5. The highest BCUT2D eigenvalue weighted by Gasteiger charge is 2.54. The van der Waals surface area contributed by atoms with E-state index >= 15 is 0 Å². The molecule has 1 rings (SSSR count). The number of hydrogen-bond donors (Lipinski definition) is 1. The molecule has 0 heterocycles. The van der Waals surface area contributed by atoms with Gasteiger partial charge < -0.3 is 23.8 Å². The molecule has 7 atom stereocenters. The van der Waals surface area contributed by atoms with Crippen LogP contribution in [0.4, 0.5) is 0 Å². The van der Waals surface area contributed by atoms with E-state index in [2.05, 4.69) is 0 Å². The summed E-state index contributed by atoms with van der Waals surface area (Å²) in [7, 11) is 1.05. The van der Waals surface area contributed by atoms with Crippen LogP contribution in [0.3, 0.4) is 0 Å². The number of methoxy groups -OCH3 is 4. The van der Waals surface area contributed by atoms with E-state index in [4.69, 9.17) is 28.0 Å².